The smallest absolute Gasteiger partial charge is 0.404 e. The fraction of sp³-hybridized carbons (Fsp3) is 0.375. The molecule has 12 heavy (non-hydrogen) atoms. The predicted molar refractivity (Wildman–Crippen MR) is 48.6 cm³/mol. The van der Waals surface area contributed by atoms with E-state index in [9.17, 15) is 4.79 Å². The van der Waals surface area contributed by atoms with E-state index >= 15 is 0 Å². The Morgan fingerprint density at radius 1 is 1.83 bits per heavy atom. The molecule has 0 bridgehead atoms. The molecule has 1 heterocycles. The van der Waals surface area contributed by atoms with Crippen LogP contribution in [-0.4, -0.2) is 17.2 Å². The average molecular weight is 185 g/mol. The highest BCUT2D eigenvalue weighted by molar-refractivity contribution is 7.07. The third-order valence-electron chi connectivity index (χ3n) is 1.49. The van der Waals surface area contributed by atoms with Crippen LogP contribution in [0.15, 0.2) is 16.8 Å². The molecule has 1 aromatic heterocycles. The Labute approximate surface area is 75.0 Å². The van der Waals surface area contributed by atoms with Gasteiger partial charge in [0.05, 0.1) is 0 Å². The number of carboxylic acid groups (broad SMARTS) is 1. The Morgan fingerprint density at radius 2 is 2.58 bits per heavy atom. The standard InChI is InChI=1S/C8H11NO2S/c1-6(9-8(10)11)4-7-2-3-12-5-7/h2-3,5-6,9H,4H2,1H3,(H,10,11)/t6-/m0/s1. The largest absolute Gasteiger partial charge is 0.465 e. The molecule has 66 valence electrons. The van der Waals surface area contributed by atoms with Crippen molar-refractivity contribution >= 4 is 17.4 Å². The van der Waals surface area contributed by atoms with Crippen LogP contribution in [0, 0.1) is 0 Å². The third kappa shape index (κ3) is 2.92. The van der Waals surface area contributed by atoms with Gasteiger partial charge in [-0.1, -0.05) is 0 Å². The Kier molecular flexibility index (Phi) is 3.10. The first kappa shape index (κ1) is 9.06. The van der Waals surface area contributed by atoms with E-state index in [0.29, 0.717) is 0 Å². The van der Waals surface area contributed by atoms with Gasteiger partial charge in [-0.05, 0) is 35.7 Å². The molecule has 2 N–H and O–H groups in total. The number of hydrogen-bond donors (Lipinski definition) is 2. The van der Waals surface area contributed by atoms with Crippen LogP contribution in [0.4, 0.5) is 4.79 Å². The number of carbonyl (C=O) groups is 1. The summed E-state index contributed by atoms with van der Waals surface area (Å²) in [7, 11) is 0. The summed E-state index contributed by atoms with van der Waals surface area (Å²) in [5, 5.41) is 14.8. The first-order valence-corrected chi connectivity index (χ1v) is 4.63. The molecule has 0 aromatic carbocycles. The molecule has 0 aliphatic rings. The predicted octanol–water partition coefficient (Wildman–Crippen LogP) is 1.95. The lowest BCUT2D eigenvalue weighted by atomic mass is 10.1. The number of rotatable bonds is 3. The van der Waals surface area contributed by atoms with Crippen molar-refractivity contribution in [3.8, 4) is 0 Å². The molecule has 0 aliphatic heterocycles. The lowest BCUT2D eigenvalue weighted by Crippen LogP contribution is -2.32. The molecule has 0 unspecified atom stereocenters. The Bertz CT molecular complexity index is 246. The van der Waals surface area contributed by atoms with E-state index in [4.69, 9.17) is 5.11 Å². The van der Waals surface area contributed by atoms with Crippen molar-refractivity contribution < 1.29 is 9.90 Å². The van der Waals surface area contributed by atoms with Crippen LogP contribution in [-0.2, 0) is 6.42 Å². The van der Waals surface area contributed by atoms with Gasteiger partial charge in [-0.25, -0.2) is 4.79 Å². The van der Waals surface area contributed by atoms with Crippen molar-refractivity contribution in [1.29, 1.82) is 0 Å². The van der Waals surface area contributed by atoms with Gasteiger partial charge >= 0.3 is 6.09 Å². The average Bonchev–Trinajstić information content (AvgIpc) is 2.37. The monoisotopic (exact) mass is 185 g/mol. The topological polar surface area (TPSA) is 49.3 Å². The molecular formula is C8H11NO2S. The van der Waals surface area contributed by atoms with Crippen LogP contribution >= 0.6 is 11.3 Å². The second-order valence-corrected chi connectivity index (χ2v) is 3.47. The van der Waals surface area contributed by atoms with Crippen molar-refractivity contribution in [1.82, 2.24) is 5.32 Å². The zero-order valence-electron chi connectivity index (χ0n) is 6.78. The molecule has 0 aliphatic carbocycles. The first-order valence-electron chi connectivity index (χ1n) is 3.69. The lowest BCUT2D eigenvalue weighted by molar-refractivity contribution is 0.190. The maximum atomic E-state index is 10.2. The Balaban J connectivity index is 2.36. The molecule has 3 nitrogen and oxygen atoms in total. The Morgan fingerprint density at radius 3 is 3.08 bits per heavy atom. The summed E-state index contributed by atoms with van der Waals surface area (Å²) in [6, 6.07) is 1.99. The molecule has 1 rings (SSSR count). The maximum absolute atomic E-state index is 10.2. The molecule has 1 aromatic rings. The third-order valence-corrected chi connectivity index (χ3v) is 2.22. The number of thiophene rings is 1. The van der Waals surface area contributed by atoms with E-state index in [0.717, 1.165) is 6.42 Å². The number of amides is 1. The van der Waals surface area contributed by atoms with Crippen LogP contribution < -0.4 is 5.32 Å². The van der Waals surface area contributed by atoms with Gasteiger partial charge < -0.3 is 10.4 Å². The first-order chi connectivity index (χ1) is 5.68. The van der Waals surface area contributed by atoms with E-state index in [1.54, 1.807) is 11.3 Å². The highest BCUT2D eigenvalue weighted by Gasteiger charge is 2.05. The molecule has 0 spiro atoms. The van der Waals surface area contributed by atoms with Crippen LogP contribution in [0.5, 0.6) is 0 Å². The summed E-state index contributed by atoms with van der Waals surface area (Å²) in [4.78, 5) is 10.2. The molecule has 0 fully saturated rings. The van der Waals surface area contributed by atoms with E-state index in [1.807, 2.05) is 23.8 Å². The Hall–Kier alpha value is -1.03. The summed E-state index contributed by atoms with van der Waals surface area (Å²) in [5.74, 6) is 0. The van der Waals surface area contributed by atoms with Gasteiger partial charge in [0.2, 0.25) is 0 Å². The zero-order valence-corrected chi connectivity index (χ0v) is 7.60. The van der Waals surface area contributed by atoms with Gasteiger partial charge in [-0.3, -0.25) is 0 Å². The quantitative estimate of drug-likeness (QED) is 0.756. The molecule has 1 amide bonds. The van der Waals surface area contributed by atoms with Crippen molar-refractivity contribution in [2.75, 3.05) is 0 Å². The van der Waals surface area contributed by atoms with Gasteiger partial charge in [0.25, 0.3) is 0 Å². The second-order valence-electron chi connectivity index (χ2n) is 2.69. The molecular weight excluding hydrogens is 174 g/mol. The van der Waals surface area contributed by atoms with Gasteiger partial charge in [-0.15, -0.1) is 0 Å². The van der Waals surface area contributed by atoms with Crippen LogP contribution in [0.2, 0.25) is 0 Å². The van der Waals surface area contributed by atoms with Crippen LogP contribution in [0.25, 0.3) is 0 Å². The molecule has 1 atom stereocenters. The van der Waals surface area contributed by atoms with E-state index in [-0.39, 0.29) is 6.04 Å². The van der Waals surface area contributed by atoms with E-state index < -0.39 is 6.09 Å². The van der Waals surface area contributed by atoms with E-state index in [1.165, 1.54) is 5.56 Å². The fourth-order valence-electron chi connectivity index (χ4n) is 1.02. The maximum Gasteiger partial charge on any atom is 0.404 e. The van der Waals surface area contributed by atoms with Crippen molar-refractivity contribution in [3.05, 3.63) is 22.4 Å². The molecule has 0 saturated carbocycles. The number of nitrogens with one attached hydrogen (secondary N) is 1. The fourth-order valence-corrected chi connectivity index (χ4v) is 1.71. The summed E-state index contributed by atoms with van der Waals surface area (Å²) < 4.78 is 0. The van der Waals surface area contributed by atoms with Crippen LogP contribution in [0.1, 0.15) is 12.5 Å². The molecule has 4 heteroatoms. The number of hydrogen-bond acceptors (Lipinski definition) is 2. The van der Waals surface area contributed by atoms with E-state index in [2.05, 4.69) is 5.32 Å². The van der Waals surface area contributed by atoms with Crippen molar-refractivity contribution in [2.24, 2.45) is 0 Å². The van der Waals surface area contributed by atoms with Crippen molar-refractivity contribution in [3.63, 3.8) is 0 Å². The van der Waals surface area contributed by atoms with Gasteiger partial charge in [0.1, 0.15) is 0 Å². The highest BCUT2D eigenvalue weighted by Crippen LogP contribution is 2.08. The lowest BCUT2D eigenvalue weighted by Gasteiger charge is -2.09. The van der Waals surface area contributed by atoms with Crippen molar-refractivity contribution in [2.45, 2.75) is 19.4 Å². The highest BCUT2D eigenvalue weighted by atomic mass is 32.1. The van der Waals surface area contributed by atoms with Gasteiger partial charge in [0, 0.05) is 6.04 Å². The molecule has 0 saturated heterocycles. The van der Waals surface area contributed by atoms with Gasteiger partial charge in [0.15, 0.2) is 0 Å². The summed E-state index contributed by atoms with van der Waals surface area (Å²) in [5.41, 5.74) is 1.18. The SMILES string of the molecule is C[C@@H](Cc1ccsc1)NC(=O)O. The minimum Gasteiger partial charge on any atom is -0.465 e. The summed E-state index contributed by atoms with van der Waals surface area (Å²) >= 11 is 1.63. The normalized spacial score (nSPS) is 12.4. The zero-order chi connectivity index (χ0) is 8.97. The summed E-state index contributed by atoms with van der Waals surface area (Å²) in [6.45, 7) is 1.85. The second kappa shape index (κ2) is 4.11. The summed E-state index contributed by atoms with van der Waals surface area (Å²) in [6.07, 6.45) is -0.201. The minimum atomic E-state index is -0.960. The van der Waals surface area contributed by atoms with Gasteiger partial charge in [-0.2, -0.15) is 11.3 Å². The molecule has 0 radical (unpaired) electrons. The minimum absolute atomic E-state index is 0.0166. The van der Waals surface area contributed by atoms with Crippen LogP contribution in [0.3, 0.4) is 0 Å².